The van der Waals surface area contributed by atoms with Crippen LogP contribution in [-0.4, -0.2) is 120 Å². The Morgan fingerprint density at radius 3 is 2.38 bits per heavy atom. The van der Waals surface area contributed by atoms with Crippen LogP contribution < -0.4 is 14.4 Å². The number of alkyl halides is 1. The van der Waals surface area contributed by atoms with E-state index in [1.165, 1.54) is 24.5 Å². The first-order valence-corrected chi connectivity index (χ1v) is 25.9. The van der Waals surface area contributed by atoms with Gasteiger partial charge >= 0.3 is 12.1 Å². The van der Waals surface area contributed by atoms with E-state index < -0.39 is 37.3 Å². The van der Waals surface area contributed by atoms with Gasteiger partial charge in [0.2, 0.25) is 0 Å². The molecule has 2 aromatic heterocycles. The van der Waals surface area contributed by atoms with Crippen molar-refractivity contribution < 1.29 is 37.6 Å². The second-order valence-electron chi connectivity index (χ2n) is 20.2. The third-order valence-electron chi connectivity index (χ3n) is 14.1. The van der Waals surface area contributed by atoms with Gasteiger partial charge in [-0.05, 0) is 93.2 Å². The van der Waals surface area contributed by atoms with E-state index in [-0.39, 0.29) is 43.2 Å². The molecule has 346 valence electrons. The van der Waals surface area contributed by atoms with Crippen LogP contribution in [0.4, 0.5) is 19.4 Å². The molecule has 4 saturated heterocycles. The monoisotopic (exact) mass is 918 g/mol. The van der Waals surface area contributed by atoms with Crippen molar-refractivity contribution in [2.75, 3.05) is 51.6 Å². The number of ether oxygens (including phenoxy) is 4. The predicted octanol–water partition coefficient (Wildman–Crippen LogP) is 9.56. The van der Waals surface area contributed by atoms with E-state index in [1.807, 2.05) is 31.7 Å². The number of carbonyl (C=O) groups excluding carboxylic acids is 1. The van der Waals surface area contributed by atoms with E-state index in [0.29, 0.717) is 85.9 Å². The largest absolute Gasteiger partial charge is 0.468 e. The molecule has 4 fully saturated rings. The highest BCUT2D eigenvalue weighted by Crippen LogP contribution is 2.45. The van der Waals surface area contributed by atoms with Gasteiger partial charge in [-0.15, -0.1) is 5.54 Å². The number of carbonyl (C=O) groups is 1. The number of amides is 1. The average Bonchev–Trinajstić information content (AvgIpc) is 3.97. The molecular weight excluding hydrogens is 855 g/mol. The van der Waals surface area contributed by atoms with Crippen molar-refractivity contribution in [1.82, 2.24) is 24.8 Å². The Kier molecular flexibility index (Phi) is 13.0. The van der Waals surface area contributed by atoms with E-state index in [1.54, 1.807) is 12.1 Å². The molecular formula is C48H64F2N6O6SSi. The molecule has 5 atom stereocenters. The summed E-state index contributed by atoms with van der Waals surface area (Å²) in [6.45, 7) is 21.3. The van der Waals surface area contributed by atoms with Crippen molar-refractivity contribution in [1.29, 1.82) is 0 Å². The van der Waals surface area contributed by atoms with Crippen LogP contribution in [-0.2, 0) is 9.47 Å². The van der Waals surface area contributed by atoms with E-state index in [4.69, 9.17) is 33.9 Å². The first-order chi connectivity index (χ1) is 30.3. The minimum Gasteiger partial charge on any atom is -0.468 e. The van der Waals surface area contributed by atoms with Crippen molar-refractivity contribution in [3.8, 4) is 23.2 Å². The number of aromatic nitrogens is 3. The number of hydrogen-bond acceptors (Lipinski definition) is 12. The molecule has 64 heavy (non-hydrogen) atoms. The van der Waals surface area contributed by atoms with Crippen LogP contribution in [0.15, 0.2) is 24.3 Å². The Morgan fingerprint density at radius 1 is 1.02 bits per heavy atom. The zero-order chi connectivity index (χ0) is 45.9. The second-order valence-corrected chi connectivity index (χ2v) is 26.8. The molecule has 16 heteroatoms. The van der Waals surface area contributed by atoms with E-state index in [2.05, 4.69) is 62.8 Å². The van der Waals surface area contributed by atoms with Gasteiger partial charge in [-0.1, -0.05) is 64.9 Å². The third-order valence-corrected chi connectivity index (χ3v) is 21.4. The highest BCUT2D eigenvalue weighted by Gasteiger charge is 2.50. The number of rotatable bonds is 12. The molecule has 8 rings (SSSR count). The van der Waals surface area contributed by atoms with Crippen LogP contribution >= 0.6 is 11.3 Å². The van der Waals surface area contributed by atoms with Crippen LogP contribution in [0.5, 0.6) is 11.8 Å². The third kappa shape index (κ3) is 8.67. The topological polar surface area (TPSA) is 123 Å². The maximum Gasteiger partial charge on any atom is 0.410 e. The van der Waals surface area contributed by atoms with Gasteiger partial charge in [0.1, 0.15) is 54.6 Å². The molecule has 6 heterocycles. The predicted molar refractivity (Wildman–Crippen MR) is 249 cm³/mol. The summed E-state index contributed by atoms with van der Waals surface area (Å²) in [6, 6.07) is 6.54. The van der Waals surface area contributed by atoms with Crippen molar-refractivity contribution in [3.05, 3.63) is 46.2 Å². The summed E-state index contributed by atoms with van der Waals surface area (Å²) in [6.07, 6.45) is 1.25. The number of piperazine rings is 1. The maximum absolute atomic E-state index is 16.3. The summed E-state index contributed by atoms with van der Waals surface area (Å²) in [5, 5.41) is 14.0. The number of halogens is 2. The van der Waals surface area contributed by atoms with Gasteiger partial charge in [0.25, 0.3) is 0 Å². The molecule has 0 radical (unpaired) electrons. The molecule has 2 bridgehead atoms. The standard InChI is InChI=1S/C48H64F2N6O6SSi/c1-28(2)64(29(3)4,30(5)6)19-16-36-38(50)15-12-31-20-35(61-27-59-10)21-37(39(31)36)41(57)44-51-40-42(54-24-33-13-14-34(25-54)56(33)46(58)62-47(7,8)9)52-45(53-43(40)63-44)60-26-48-17-11-18-55(48)23-32(49)22-48/h12,15,20-21,28-30,32-34,41,57H,11,13-14,17-18,22-27H2,1-10H3/t32-,33?,34?,41-,48+/m1/s1. The fourth-order valence-corrected chi connectivity index (χ4v) is 17.4. The van der Waals surface area contributed by atoms with E-state index in [0.717, 1.165) is 32.2 Å². The maximum atomic E-state index is 16.3. The quantitative estimate of drug-likeness (QED) is 0.0831. The lowest BCUT2D eigenvalue weighted by molar-refractivity contribution is 0.0122. The molecule has 0 saturated carbocycles. The summed E-state index contributed by atoms with van der Waals surface area (Å²) in [7, 11) is -0.754. The zero-order valence-corrected chi connectivity index (χ0v) is 40.8. The van der Waals surface area contributed by atoms with Crippen LogP contribution in [0.2, 0.25) is 16.6 Å². The Bertz CT molecular complexity index is 2420. The summed E-state index contributed by atoms with van der Waals surface area (Å²) in [4.78, 5) is 35.1. The van der Waals surface area contributed by atoms with Gasteiger partial charge in [0, 0.05) is 44.1 Å². The first kappa shape index (κ1) is 46.4. The van der Waals surface area contributed by atoms with Crippen LogP contribution in [0.1, 0.15) is 117 Å². The number of nitrogens with zero attached hydrogens (tertiary/aromatic N) is 6. The number of aliphatic hydroxyl groups is 1. The average molecular weight is 919 g/mol. The fraction of sp³-hybridized carbons (Fsp3) is 0.625. The molecule has 12 nitrogen and oxygen atoms in total. The van der Waals surface area contributed by atoms with Gasteiger partial charge in [-0.2, -0.15) is 9.97 Å². The lowest BCUT2D eigenvalue weighted by atomic mass is 9.95. The number of methoxy groups -OCH3 is 1. The molecule has 4 aliphatic heterocycles. The second kappa shape index (κ2) is 17.9. The highest BCUT2D eigenvalue weighted by molar-refractivity contribution is 7.18. The fourth-order valence-electron chi connectivity index (χ4n) is 11.3. The normalized spacial score (nSPS) is 23.1. The van der Waals surface area contributed by atoms with Gasteiger partial charge in [-0.3, -0.25) is 9.80 Å². The molecule has 1 amide bonds. The number of benzene rings is 2. The molecule has 4 aromatic rings. The Hall–Kier alpha value is -4.14. The lowest BCUT2D eigenvalue weighted by Crippen LogP contribution is -2.57. The van der Waals surface area contributed by atoms with Gasteiger partial charge in [0.15, 0.2) is 17.4 Å². The SMILES string of the molecule is COCOc1cc([C@@H](O)c2nc3c(N4CC5CCC(C4)N5C(=O)OC(C)(C)C)nc(OC[C@@]45CCCN4C[C@H](F)C5)nc3s2)c2c(C#C[Si](C(C)C)(C(C)C)C(C)C)c(F)ccc2c1. The smallest absolute Gasteiger partial charge is 0.410 e. The number of fused-ring (bicyclic) bond motifs is 5. The Labute approximate surface area is 381 Å². The van der Waals surface area contributed by atoms with Crippen LogP contribution in [0.3, 0.4) is 0 Å². The lowest BCUT2D eigenvalue weighted by Gasteiger charge is -2.41. The molecule has 1 N–H and O–H groups in total. The molecule has 4 aliphatic rings. The van der Waals surface area contributed by atoms with Crippen molar-refractivity contribution >= 4 is 52.4 Å². The van der Waals surface area contributed by atoms with E-state index >= 15 is 4.39 Å². The Morgan fingerprint density at radius 2 is 1.72 bits per heavy atom. The Balaban J connectivity index is 1.23. The van der Waals surface area contributed by atoms with Crippen molar-refractivity contribution in [2.45, 2.75) is 147 Å². The van der Waals surface area contributed by atoms with Gasteiger partial charge < -0.3 is 29.0 Å². The number of thiazole rings is 1. The van der Waals surface area contributed by atoms with Crippen molar-refractivity contribution in [2.24, 2.45) is 0 Å². The van der Waals surface area contributed by atoms with Crippen molar-refractivity contribution in [3.63, 3.8) is 0 Å². The summed E-state index contributed by atoms with van der Waals surface area (Å²) >= 11 is 1.21. The van der Waals surface area contributed by atoms with Crippen LogP contribution in [0.25, 0.3) is 21.1 Å². The molecule has 0 aliphatic carbocycles. The highest BCUT2D eigenvalue weighted by atomic mass is 32.1. The molecule has 2 aromatic carbocycles. The van der Waals surface area contributed by atoms with Crippen LogP contribution in [0, 0.1) is 17.3 Å². The number of anilines is 1. The summed E-state index contributed by atoms with van der Waals surface area (Å²) in [5.74, 6) is 3.85. The van der Waals surface area contributed by atoms with Gasteiger partial charge in [-0.25, -0.2) is 18.6 Å². The number of hydrogen-bond donors (Lipinski definition) is 1. The van der Waals surface area contributed by atoms with E-state index in [9.17, 15) is 14.3 Å². The molecule has 0 spiro atoms. The minimum absolute atomic E-state index is 0.0305. The summed E-state index contributed by atoms with van der Waals surface area (Å²) in [5.41, 5.74) is 4.72. The zero-order valence-electron chi connectivity index (χ0n) is 39.0. The van der Waals surface area contributed by atoms with Gasteiger partial charge in [0.05, 0.1) is 23.2 Å². The molecule has 2 unspecified atom stereocenters. The first-order valence-electron chi connectivity index (χ1n) is 22.9. The minimum atomic E-state index is -2.29. The number of aliphatic hydroxyl groups excluding tert-OH is 1. The summed E-state index contributed by atoms with van der Waals surface area (Å²) < 4.78 is 54.6.